The van der Waals surface area contributed by atoms with Crippen molar-refractivity contribution in [2.24, 2.45) is 17.6 Å². The smallest absolute Gasteiger partial charge is 0.223 e. The molecule has 0 saturated heterocycles. The summed E-state index contributed by atoms with van der Waals surface area (Å²) in [5, 5.41) is 6.16. The predicted molar refractivity (Wildman–Crippen MR) is 99.0 cm³/mol. The fourth-order valence-corrected chi connectivity index (χ4v) is 3.83. The van der Waals surface area contributed by atoms with E-state index in [-0.39, 0.29) is 42.2 Å². The molecule has 0 bridgehead atoms. The van der Waals surface area contributed by atoms with Gasteiger partial charge in [-0.3, -0.25) is 9.59 Å². The van der Waals surface area contributed by atoms with E-state index in [1.807, 2.05) is 6.92 Å². The molecular weight excluding hydrogens is 326 g/mol. The van der Waals surface area contributed by atoms with Crippen molar-refractivity contribution in [2.45, 2.75) is 83.2 Å². The van der Waals surface area contributed by atoms with Crippen LogP contribution in [0.4, 0.5) is 0 Å². The minimum Gasteiger partial charge on any atom is -0.356 e. The van der Waals surface area contributed by atoms with Crippen LogP contribution in [0, 0.1) is 11.8 Å². The first-order valence-corrected chi connectivity index (χ1v) is 9.37. The van der Waals surface area contributed by atoms with Gasteiger partial charge < -0.3 is 16.4 Å². The predicted octanol–water partition coefficient (Wildman–Crippen LogP) is 2.52. The fourth-order valence-electron chi connectivity index (χ4n) is 3.83. The molecule has 0 aromatic heterocycles. The van der Waals surface area contributed by atoms with Gasteiger partial charge in [0.1, 0.15) is 0 Å². The summed E-state index contributed by atoms with van der Waals surface area (Å²) >= 11 is 0. The number of nitrogens with one attached hydrogen (secondary N) is 2. The maximum atomic E-state index is 12.1. The largest absolute Gasteiger partial charge is 0.356 e. The van der Waals surface area contributed by atoms with E-state index in [1.165, 1.54) is 25.7 Å². The van der Waals surface area contributed by atoms with Crippen molar-refractivity contribution in [1.29, 1.82) is 0 Å². The maximum absolute atomic E-state index is 12.1. The van der Waals surface area contributed by atoms with Crippen LogP contribution in [0.5, 0.6) is 0 Å². The van der Waals surface area contributed by atoms with Crippen LogP contribution < -0.4 is 16.4 Å². The van der Waals surface area contributed by atoms with Gasteiger partial charge in [-0.2, -0.15) is 0 Å². The number of halogens is 1. The summed E-state index contributed by atoms with van der Waals surface area (Å²) in [6.07, 6.45) is 10.1. The summed E-state index contributed by atoms with van der Waals surface area (Å²) < 4.78 is 0. The Morgan fingerprint density at radius 1 is 1.08 bits per heavy atom. The average Bonchev–Trinajstić information content (AvgIpc) is 3.00. The fraction of sp³-hybridized carbons (Fsp3) is 0.889. The molecule has 2 aliphatic rings. The molecule has 1 unspecified atom stereocenters. The van der Waals surface area contributed by atoms with E-state index in [9.17, 15) is 9.59 Å². The number of hydrogen-bond donors (Lipinski definition) is 3. The zero-order valence-corrected chi connectivity index (χ0v) is 15.7. The monoisotopic (exact) mass is 359 g/mol. The Morgan fingerprint density at radius 3 is 2.29 bits per heavy atom. The van der Waals surface area contributed by atoms with Crippen LogP contribution in [-0.4, -0.2) is 30.4 Å². The zero-order chi connectivity index (χ0) is 16.7. The summed E-state index contributed by atoms with van der Waals surface area (Å²) in [5.74, 6) is 1.07. The Morgan fingerprint density at radius 2 is 1.71 bits per heavy atom. The third kappa shape index (κ3) is 7.39. The van der Waals surface area contributed by atoms with Crippen LogP contribution >= 0.6 is 12.4 Å². The Labute approximate surface area is 152 Å². The first-order chi connectivity index (χ1) is 11.0. The summed E-state index contributed by atoms with van der Waals surface area (Å²) in [7, 11) is 0. The minimum absolute atomic E-state index is 0. The lowest BCUT2D eigenvalue weighted by molar-refractivity contribution is -0.126. The quantitative estimate of drug-likeness (QED) is 0.653. The van der Waals surface area contributed by atoms with Gasteiger partial charge in [0.25, 0.3) is 0 Å². The first kappa shape index (κ1) is 21.2. The van der Waals surface area contributed by atoms with E-state index in [2.05, 4.69) is 10.6 Å². The van der Waals surface area contributed by atoms with Crippen LogP contribution in [0.25, 0.3) is 0 Å². The van der Waals surface area contributed by atoms with Gasteiger partial charge in [0.15, 0.2) is 0 Å². The molecule has 24 heavy (non-hydrogen) atoms. The third-order valence-electron chi connectivity index (χ3n) is 5.31. The molecule has 1 atom stereocenters. The molecule has 2 saturated carbocycles. The molecular formula is C18H34ClN3O2. The van der Waals surface area contributed by atoms with E-state index in [0.717, 1.165) is 32.1 Å². The SMILES string of the molecule is CC(N)CCNC(=O)C1CCC(NC(=O)CC2CCCC2)CC1.Cl. The van der Waals surface area contributed by atoms with Crippen molar-refractivity contribution < 1.29 is 9.59 Å². The Hall–Kier alpha value is -0.810. The lowest BCUT2D eigenvalue weighted by Gasteiger charge is -2.28. The molecule has 4 N–H and O–H groups in total. The van der Waals surface area contributed by atoms with Gasteiger partial charge in [0.05, 0.1) is 0 Å². The molecule has 0 aromatic carbocycles. The average molecular weight is 360 g/mol. The normalized spacial score (nSPS) is 25.6. The summed E-state index contributed by atoms with van der Waals surface area (Å²) in [6.45, 7) is 2.61. The molecule has 0 spiro atoms. The highest BCUT2D eigenvalue weighted by molar-refractivity contribution is 5.85. The van der Waals surface area contributed by atoms with Crippen molar-refractivity contribution in [2.75, 3.05) is 6.54 Å². The van der Waals surface area contributed by atoms with Crippen LogP contribution in [0.3, 0.4) is 0 Å². The summed E-state index contributed by atoms with van der Waals surface area (Å²) in [6, 6.07) is 0.387. The second kappa shape index (κ2) is 10.9. The van der Waals surface area contributed by atoms with Crippen molar-refractivity contribution >= 4 is 24.2 Å². The highest BCUT2D eigenvalue weighted by Crippen LogP contribution is 2.28. The van der Waals surface area contributed by atoms with E-state index >= 15 is 0 Å². The van der Waals surface area contributed by atoms with Crippen molar-refractivity contribution in [3.63, 3.8) is 0 Å². The van der Waals surface area contributed by atoms with Gasteiger partial charge in [-0.1, -0.05) is 12.8 Å². The van der Waals surface area contributed by atoms with Crippen LogP contribution in [0.2, 0.25) is 0 Å². The topological polar surface area (TPSA) is 84.2 Å². The second-order valence-electron chi connectivity index (χ2n) is 7.53. The van der Waals surface area contributed by atoms with Crippen LogP contribution in [-0.2, 0) is 9.59 Å². The number of hydrogen-bond acceptors (Lipinski definition) is 3. The standard InChI is InChI=1S/C18H33N3O2.ClH/c1-13(19)10-11-20-18(23)15-6-8-16(9-7-15)21-17(22)12-14-4-2-3-5-14;/h13-16H,2-12,19H2,1H3,(H,20,23)(H,21,22);1H. The molecule has 2 amide bonds. The van der Waals surface area contributed by atoms with Gasteiger partial charge in [0.2, 0.25) is 11.8 Å². The van der Waals surface area contributed by atoms with E-state index < -0.39 is 0 Å². The van der Waals surface area contributed by atoms with Crippen molar-refractivity contribution in [3.05, 3.63) is 0 Å². The van der Waals surface area contributed by atoms with E-state index in [0.29, 0.717) is 18.9 Å². The molecule has 2 aliphatic carbocycles. The lowest BCUT2D eigenvalue weighted by atomic mass is 9.85. The molecule has 0 aromatic rings. The van der Waals surface area contributed by atoms with Gasteiger partial charge in [-0.25, -0.2) is 0 Å². The van der Waals surface area contributed by atoms with Gasteiger partial charge in [-0.15, -0.1) is 12.4 Å². The number of carbonyl (C=O) groups is 2. The van der Waals surface area contributed by atoms with Gasteiger partial charge in [0, 0.05) is 31.0 Å². The van der Waals surface area contributed by atoms with Crippen LogP contribution in [0.15, 0.2) is 0 Å². The molecule has 0 aliphatic heterocycles. The molecule has 0 radical (unpaired) electrons. The van der Waals surface area contributed by atoms with Gasteiger partial charge in [-0.05, 0) is 57.8 Å². The molecule has 2 rings (SSSR count). The van der Waals surface area contributed by atoms with Crippen LogP contribution in [0.1, 0.15) is 71.1 Å². The first-order valence-electron chi connectivity index (χ1n) is 9.37. The third-order valence-corrected chi connectivity index (χ3v) is 5.31. The Bertz CT molecular complexity index is 390. The Balaban J connectivity index is 0.00000288. The minimum atomic E-state index is 0. The van der Waals surface area contributed by atoms with Crippen molar-refractivity contribution in [3.8, 4) is 0 Å². The molecule has 140 valence electrons. The number of amides is 2. The number of nitrogens with two attached hydrogens (primary N) is 1. The zero-order valence-electron chi connectivity index (χ0n) is 14.9. The number of rotatable bonds is 7. The molecule has 2 fully saturated rings. The highest BCUT2D eigenvalue weighted by Gasteiger charge is 2.27. The summed E-state index contributed by atoms with van der Waals surface area (Å²) in [5.41, 5.74) is 5.69. The van der Waals surface area contributed by atoms with E-state index in [1.54, 1.807) is 0 Å². The number of carbonyl (C=O) groups excluding carboxylic acids is 2. The molecule has 0 heterocycles. The maximum Gasteiger partial charge on any atom is 0.223 e. The van der Waals surface area contributed by atoms with E-state index in [4.69, 9.17) is 5.73 Å². The molecule has 6 heteroatoms. The molecule has 5 nitrogen and oxygen atoms in total. The van der Waals surface area contributed by atoms with Gasteiger partial charge >= 0.3 is 0 Å². The van der Waals surface area contributed by atoms with Crippen molar-refractivity contribution in [1.82, 2.24) is 10.6 Å². The summed E-state index contributed by atoms with van der Waals surface area (Å²) in [4.78, 5) is 24.2. The Kier molecular flexibility index (Phi) is 9.67. The lowest BCUT2D eigenvalue weighted by Crippen LogP contribution is -2.41. The second-order valence-corrected chi connectivity index (χ2v) is 7.53. The highest BCUT2D eigenvalue weighted by atomic mass is 35.5.